The number of ether oxygens (including phenoxy) is 1. The molecule has 9 heteroatoms. The van der Waals surface area contributed by atoms with Gasteiger partial charge in [0, 0.05) is 18.8 Å². The maximum atomic E-state index is 13.0. The molecule has 0 aliphatic rings. The summed E-state index contributed by atoms with van der Waals surface area (Å²) in [6.07, 6.45) is 0. The Bertz CT molecular complexity index is 1240. The molecule has 0 fully saturated rings. The molecule has 0 heterocycles. The van der Waals surface area contributed by atoms with Crippen molar-refractivity contribution in [3.05, 3.63) is 89.7 Å². The number of hydrogen-bond acceptors (Lipinski definition) is 5. The van der Waals surface area contributed by atoms with Gasteiger partial charge in [-0.2, -0.15) is 9.57 Å². The third-order valence-electron chi connectivity index (χ3n) is 4.49. The molecule has 0 bridgehead atoms. The van der Waals surface area contributed by atoms with E-state index in [9.17, 15) is 17.6 Å². The van der Waals surface area contributed by atoms with E-state index >= 15 is 0 Å². The minimum atomic E-state index is -3.89. The molecule has 0 radical (unpaired) electrons. The number of rotatable bonds is 8. The van der Waals surface area contributed by atoms with Crippen molar-refractivity contribution in [2.75, 3.05) is 18.9 Å². The molecule has 32 heavy (non-hydrogen) atoms. The Morgan fingerprint density at radius 3 is 2.44 bits per heavy atom. The average molecular weight is 453 g/mol. The summed E-state index contributed by atoms with van der Waals surface area (Å²) in [6, 6.07) is 19.9. The number of likely N-dealkylation sites (N-methyl/N-ethyl adjacent to an activating group) is 1. The van der Waals surface area contributed by atoms with Crippen LogP contribution in [-0.2, 0) is 21.4 Å². The predicted molar refractivity (Wildman–Crippen MR) is 117 cm³/mol. The first-order valence-corrected chi connectivity index (χ1v) is 11.0. The second-order valence-electron chi connectivity index (χ2n) is 6.89. The van der Waals surface area contributed by atoms with Crippen LogP contribution in [0.3, 0.4) is 0 Å². The largest absolute Gasteiger partial charge is 0.489 e. The third-order valence-corrected chi connectivity index (χ3v) is 6.31. The van der Waals surface area contributed by atoms with Gasteiger partial charge in [0.1, 0.15) is 18.2 Å². The first-order chi connectivity index (χ1) is 15.3. The number of anilines is 1. The van der Waals surface area contributed by atoms with Gasteiger partial charge in [-0.05, 0) is 54.1 Å². The van der Waals surface area contributed by atoms with Crippen LogP contribution in [0, 0.1) is 17.1 Å². The highest BCUT2D eigenvalue weighted by Gasteiger charge is 2.23. The van der Waals surface area contributed by atoms with Crippen LogP contribution in [0.15, 0.2) is 77.7 Å². The number of amides is 1. The number of nitriles is 1. The lowest BCUT2D eigenvalue weighted by Crippen LogP contribution is -2.34. The summed E-state index contributed by atoms with van der Waals surface area (Å²) in [5.74, 6) is -0.365. The van der Waals surface area contributed by atoms with Crippen molar-refractivity contribution >= 4 is 21.6 Å². The summed E-state index contributed by atoms with van der Waals surface area (Å²) < 4.78 is 44.8. The van der Waals surface area contributed by atoms with Gasteiger partial charge in [0.05, 0.1) is 23.1 Å². The molecule has 0 aliphatic heterocycles. The molecule has 7 nitrogen and oxygen atoms in total. The van der Waals surface area contributed by atoms with E-state index < -0.39 is 22.5 Å². The first-order valence-electron chi connectivity index (χ1n) is 9.51. The maximum absolute atomic E-state index is 13.0. The minimum Gasteiger partial charge on any atom is -0.489 e. The van der Waals surface area contributed by atoms with Gasteiger partial charge in [0.25, 0.3) is 0 Å². The van der Waals surface area contributed by atoms with Gasteiger partial charge in [-0.3, -0.25) is 4.79 Å². The highest BCUT2D eigenvalue weighted by atomic mass is 32.2. The third kappa shape index (κ3) is 5.91. The zero-order valence-corrected chi connectivity index (χ0v) is 18.0. The molecule has 1 amide bonds. The summed E-state index contributed by atoms with van der Waals surface area (Å²) in [5, 5.41) is 11.5. The molecule has 3 rings (SSSR count). The molecule has 0 aromatic heterocycles. The van der Waals surface area contributed by atoms with Gasteiger partial charge in [-0.1, -0.05) is 18.2 Å². The molecular formula is C23H20FN3O4S. The lowest BCUT2D eigenvalue weighted by Gasteiger charge is -2.17. The van der Waals surface area contributed by atoms with E-state index in [4.69, 9.17) is 10.00 Å². The van der Waals surface area contributed by atoms with Crippen LogP contribution in [0.4, 0.5) is 10.1 Å². The van der Waals surface area contributed by atoms with E-state index in [1.165, 1.54) is 43.4 Å². The SMILES string of the molecule is CN(CC(=O)Nc1cccc(OCc2ccc(F)cc2)c1)S(=O)(=O)c1ccc(C#N)cc1. The molecule has 1 N–H and O–H groups in total. The van der Waals surface area contributed by atoms with Crippen molar-refractivity contribution in [2.24, 2.45) is 0 Å². The van der Waals surface area contributed by atoms with Gasteiger partial charge < -0.3 is 10.1 Å². The Morgan fingerprint density at radius 2 is 1.78 bits per heavy atom. The van der Waals surface area contributed by atoms with Crippen LogP contribution in [0.2, 0.25) is 0 Å². The number of sulfonamides is 1. The van der Waals surface area contributed by atoms with Gasteiger partial charge >= 0.3 is 0 Å². The molecular weight excluding hydrogens is 433 g/mol. The van der Waals surface area contributed by atoms with E-state index in [1.54, 1.807) is 36.4 Å². The maximum Gasteiger partial charge on any atom is 0.243 e. The number of hydrogen-bond donors (Lipinski definition) is 1. The van der Waals surface area contributed by atoms with Crippen molar-refractivity contribution < 1.29 is 22.3 Å². The zero-order chi connectivity index (χ0) is 23.1. The van der Waals surface area contributed by atoms with Crippen LogP contribution >= 0.6 is 0 Å². The fourth-order valence-corrected chi connectivity index (χ4v) is 3.91. The smallest absolute Gasteiger partial charge is 0.243 e. The number of benzene rings is 3. The Balaban J connectivity index is 1.59. The Hall–Kier alpha value is -3.74. The number of carbonyl (C=O) groups is 1. The number of nitrogens with zero attached hydrogens (tertiary/aromatic N) is 2. The van der Waals surface area contributed by atoms with Crippen LogP contribution in [0.5, 0.6) is 5.75 Å². The second-order valence-corrected chi connectivity index (χ2v) is 8.93. The van der Waals surface area contributed by atoms with E-state index in [1.807, 2.05) is 6.07 Å². The van der Waals surface area contributed by atoms with Crippen molar-refractivity contribution in [3.8, 4) is 11.8 Å². The fourth-order valence-electron chi connectivity index (χ4n) is 2.78. The van der Waals surface area contributed by atoms with Crippen LogP contribution in [0.1, 0.15) is 11.1 Å². The Morgan fingerprint density at radius 1 is 1.09 bits per heavy atom. The highest BCUT2D eigenvalue weighted by molar-refractivity contribution is 7.89. The lowest BCUT2D eigenvalue weighted by molar-refractivity contribution is -0.116. The monoisotopic (exact) mass is 453 g/mol. The number of nitrogens with one attached hydrogen (secondary N) is 1. The molecule has 3 aromatic carbocycles. The molecule has 0 saturated carbocycles. The number of carbonyl (C=O) groups excluding carboxylic acids is 1. The Kier molecular flexibility index (Phi) is 7.20. The average Bonchev–Trinajstić information content (AvgIpc) is 2.79. The molecule has 3 aromatic rings. The van der Waals surface area contributed by atoms with Crippen molar-refractivity contribution in [1.82, 2.24) is 4.31 Å². The molecule has 0 atom stereocenters. The minimum absolute atomic E-state index is 0.0111. The van der Waals surface area contributed by atoms with Gasteiger partial charge in [0.2, 0.25) is 15.9 Å². The molecule has 0 spiro atoms. The van der Waals surface area contributed by atoms with Gasteiger partial charge in [-0.25, -0.2) is 12.8 Å². The van der Waals surface area contributed by atoms with Gasteiger partial charge in [0.15, 0.2) is 0 Å². The Labute approximate surface area is 185 Å². The fraction of sp³-hybridized carbons (Fsp3) is 0.130. The lowest BCUT2D eigenvalue weighted by atomic mass is 10.2. The molecule has 0 aliphatic carbocycles. The second kappa shape index (κ2) is 10.0. The van der Waals surface area contributed by atoms with Crippen molar-refractivity contribution in [1.29, 1.82) is 5.26 Å². The summed E-state index contributed by atoms with van der Waals surface area (Å²) in [5.41, 5.74) is 1.57. The normalized spacial score (nSPS) is 11.1. The molecule has 164 valence electrons. The van der Waals surface area contributed by atoms with Gasteiger partial charge in [-0.15, -0.1) is 0 Å². The molecule has 0 saturated heterocycles. The topological polar surface area (TPSA) is 99.5 Å². The van der Waals surface area contributed by atoms with E-state index in [2.05, 4.69) is 5.32 Å². The summed E-state index contributed by atoms with van der Waals surface area (Å²) in [4.78, 5) is 12.4. The van der Waals surface area contributed by atoms with Crippen molar-refractivity contribution in [2.45, 2.75) is 11.5 Å². The summed E-state index contributed by atoms with van der Waals surface area (Å²) in [6.45, 7) is -0.174. The molecule has 0 unspecified atom stereocenters. The zero-order valence-electron chi connectivity index (χ0n) is 17.2. The quantitative estimate of drug-likeness (QED) is 0.562. The van der Waals surface area contributed by atoms with E-state index in [0.29, 0.717) is 17.0 Å². The summed E-state index contributed by atoms with van der Waals surface area (Å²) in [7, 11) is -2.59. The van der Waals surface area contributed by atoms with Crippen molar-refractivity contribution in [3.63, 3.8) is 0 Å². The van der Waals surface area contributed by atoms with E-state index in [-0.39, 0.29) is 17.3 Å². The van der Waals surface area contributed by atoms with Crippen LogP contribution in [0.25, 0.3) is 0 Å². The number of halogens is 1. The highest BCUT2D eigenvalue weighted by Crippen LogP contribution is 2.20. The van der Waals surface area contributed by atoms with Crippen LogP contribution < -0.4 is 10.1 Å². The standard InChI is InChI=1S/C23H20FN3O4S/c1-27(32(29,30)22-11-7-17(14-25)8-12-22)15-23(28)26-20-3-2-4-21(13-20)31-16-18-5-9-19(24)10-6-18/h2-13H,15-16H2,1H3,(H,26,28). The van der Waals surface area contributed by atoms with E-state index in [0.717, 1.165) is 9.87 Å². The summed E-state index contributed by atoms with van der Waals surface area (Å²) >= 11 is 0. The predicted octanol–water partition coefficient (Wildman–Crippen LogP) is 3.54. The first kappa shape index (κ1) is 22.9. The van der Waals surface area contributed by atoms with Crippen LogP contribution in [-0.4, -0.2) is 32.2 Å².